The summed E-state index contributed by atoms with van der Waals surface area (Å²) in [6.07, 6.45) is 7.34. The maximum Gasteiger partial charge on any atom is 0.245 e. The molecule has 1 aromatic carbocycles. The summed E-state index contributed by atoms with van der Waals surface area (Å²) >= 11 is 0. The van der Waals surface area contributed by atoms with Gasteiger partial charge in [-0.15, -0.1) is 0 Å². The summed E-state index contributed by atoms with van der Waals surface area (Å²) in [5, 5.41) is 59.3. The van der Waals surface area contributed by atoms with Gasteiger partial charge in [-0.1, -0.05) is 107 Å². The molecule has 41 nitrogen and oxygen atoms in total. The molecule has 128 heavy (non-hydrogen) atoms. The molecule has 18 atom stereocenters. The summed E-state index contributed by atoms with van der Waals surface area (Å²) in [6.45, 7) is 17.8. The number of amides is 16. The van der Waals surface area contributed by atoms with Gasteiger partial charge in [-0.25, -0.2) is 0 Å². The maximum absolute atomic E-state index is 15.3. The van der Waals surface area contributed by atoms with Crippen molar-refractivity contribution in [3.05, 3.63) is 36.0 Å². The topological polar surface area (TPSA) is 683 Å². The second-order valence-electron chi connectivity index (χ2n) is 34.4. The molecular weight excluding hydrogens is 1660 g/mol. The van der Waals surface area contributed by atoms with Crippen LogP contribution in [-0.2, 0) is 83.1 Å². The highest BCUT2D eigenvalue weighted by molar-refractivity contribution is 6.01. The molecule has 31 N–H and O–H groups in total. The van der Waals surface area contributed by atoms with E-state index >= 15 is 14.4 Å². The van der Waals surface area contributed by atoms with E-state index in [0.29, 0.717) is 106 Å². The van der Waals surface area contributed by atoms with E-state index in [9.17, 15) is 72.5 Å². The number of unbranched alkanes of at least 4 members (excludes halogenated alkanes) is 5. The van der Waals surface area contributed by atoms with Crippen LogP contribution in [0.15, 0.2) is 30.5 Å². The van der Waals surface area contributed by atoms with E-state index in [1.54, 1.807) is 99.7 Å². The van der Waals surface area contributed by atoms with E-state index in [-0.39, 0.29) is 109 Å². The third-order valence-corrected chi connectivity index (χ3v) is 23.1. The van der Waals surface area contributed by atoms with E-state index in [4.69, 9.17) is 40.1 Å². The average Bonchev–Trinajstić information content (AvgIpc) is 1.70. The number of benzene rings is 1. The van der Waals surface area contributed by atoms with Crippen LogP contribution in [-0.4, -0.2) is 264 Å². The van der Waals surface area contributed by atoms with E-state index < -0.39 is 223 Å². The zero-order chi connectivity index (χ0) is 95.9. The molecule has 1 fully saturated rings. The molecule has 2 aromatic rings. The predicted octanol–water partition coefficient (Wildman–Crippen LogP) is -3.19. The number of aromatic nitrogens is 1. The van der Waals surface area contributed by atoms with Crippen molar-refractivity contribution in [2.75, 3.05) is 59.0 Å². The van der Waals surface area contributed by atoms with Gasteiger partial charge in [0.1, 0.15) is 90.6 Å². The van der Waals surface area contributed by atoms with Gasteiger partial charge >= 0.3 is 0 Å². The second-order valence-corrected chi connectivity index (χ2v) is 34.4. The number of aliphatic hydroxyl groups excluding tert-OH is 2. The normalized spacial score (nSPS) is 16.6. The minimum atomic E-state index is -1.81. The molecule has 16 amide bonds. The second kappa shape index (κ2) is 60.0. The van der Waals surface area contributed by atoms with Crippen LogP contribution < -0.4 is 115 Å². The standard InChI is InChI=1S/C87H153N23O18/c1-12-51(8)70(107-69(113)45-93)85(126)104-64(43-50(6)7)79(120)105-67(48-112)82(123)106-66(47-111)81(122)102-63(42-49(4)5)78(119)103-65(44-55-46-95-57-29-16-15-28-56(55)57)80(121)99-59(31-18-23-37-89)76(117)101-62(34-21-26-40-92)87(128)110-41-27-35-68(110)83(124)100-60(32-19-24-38-90)75(116)98-61(33-20-25-39-91)77(118)108-72(53(10)14-3)86(127)109-71(52(9)13-2)84(125)96-54(11)74(115)97-58(73(94)114)30-17-22-36-88/h15-16,28-29,46,49-54,58-68,70-72,95,111-112H,12-14,17-27,30-45,47-48,88-93H2,1-11H3,(H2,94,114)(H,96,125)(H,97,115)(H,98,116)(H,99,121)(H,100,124)(H,101,117)(H,102,122)(H,103,119)(H,104,126)(H,105,120)(H,106,123)(H,107,113)(H,108,118)(H,109,127)/t51-,52-,53-,54-,58-,59-,60-,61-,62-,63-,64-,65-,66-,67-,68-,70-,71-,72-/m0/s1. The van der Waals surface area contributed by atoms with Gasteiger partial charge in [0.2, 0.25) is 94.5 Å². The molecule has 3 rings (SSSR count). The van der Waals surface area contributed by atoms with Gasteiger partial charge < -0.3 is 135 Å². The van der Waals surface area contributed by atoms with Crippen molar-refractivity contribution in [1.29, 1.82) is 0 Å². The molecule has 1 aromatic heterocycles. The summed E-state index contributed by atoms with van der Waals surface area (Å²) in [5.74, 6) is -14.8. The van der Waals surface area contributed by atoms with Crippen LogP contribution >= 0.6 is 0 Å². The number of rotatable bonds is 64. The van der Waals surface area contributed by atoms with Gasteiger partial charge in [-0.3, -0.25) is 76.7 Å². The monoisotopic (exact) mass is 1810 g/mol. The summed E-state index contributed by atoms with van der Waals surface area (Å²) in [4.78, 5) is 232. The van der Waals surface area contributed by atoms with Crippen LogP contribution in [0.3, 0.4) is 0 Å². The third kappa shape index (κ3) is 37.9. The van der Waals surface area contributed by atoms with E-state index in [1.807, 2.05) is 0 Å². The van der Waals surface area contributed by atoms with Crippen molar-refractivity contribution in [2.24, 2.45) is 69.7 Å². The number of nitrogens with two attached hydrogens (primary N) is 7. The number of nitrogens with one attached hydrogen (secondary N) is 15. The molecule has 1 aliphatic rings. The Balaban J connectivity index is 1.99. The summed E-state index contributed by atoms with van der Waals surface area (Å²) in [6, 6.07) is -13.0. The zero-order valence-corrected chi connectivity index (χ0v) is 77.0. The fraction of sp³-hybridized carbons (Fsp3) is 0.724. The SMILES string of the molecule is CC[C@H](C)[C@H](NC(=O)CN)C(=O)N[C@@H](CC(C)C)C(=O)N[C@@H](CO)C(=O)N[C@@H](CO)C(=O)N[C@@H](CC(C)C)C(=O)N[C@@H](Cc1c[nH]c2ccccc12)C(=O)N[C@@H](CCCCN)C(=O)N[C@@H](CCCCN)C(=O)N1CCC[C@H]1C(=O)N[C@@H](CCCCN)C(=O)N[C@@H](CCCCN)C(=O)N[C@H](C(=O)N[C@H](C(=O)N[C@@H](C)C(=O)N[C@@H](CCCCN)C(N)=O)[C@@H](C)CC)[C@@H](C)CC. The summed E-state index contributed by atoms with van der Waals surface area (Å²) < 4.78 is 0. The summed E-state index contributed by atoms with van der Waals surface area (Å²) in [5.41, 5.74) is 41.7. The first-order chi connectivity index (χ1) is 60.9. The van der Waals surface area contributed by atoms with Crippen LogP contribution in [0, 0.1) is 29.6 Å². The van der Waals surface area contributed by atoms with Crippen molar-refractivity contribution >= 4 is 105 Å². The Kier molecular flexibility index (Phi) is 52.5. The lowest BCUT2D eigenvalue weighted by atomic mass is 9.94. The number of H-pyrrole nitrogens is 1. The molecule has 0 aliphatic carbocycles. The first kappa shape index (κ1) is 112. The molecule has 0 saturated carbocycles. The van der Waals surface area contributed by atoms with Crippen molar-refractivity contribution in [2.45, 2.75) is 314 Å². The van der Waals surface area contributed by atoms with Gasteiger partial charge in [0.05, 0.1) is 19.8 Å². The van der Waals surface area contributed by atoms with Crippen molar-refractivity contribution in [3.8, 4) is 0 Å². The molecule has 724 valence electrons. The number of aromatic amines is 1. The average molecular weight is 1810 g/mol. The minimum absolute atomic E-state index is 0.0130. The fourth-order valence-corrected chi connectivity index (χ4v) is 14.8. The summed E-state index contributed by atoms with van der Waals surface area (Å²) in [7, 11) is 0. The highest BCUT2D eigenvalue weighted by Gasteiger charge is 2.43. The maximum atomic E-state index is 15.3. The van der Waals surface area contributed by atoms with E-state index in [2.05, 4.69) is 79.4 Å². The Hall–Kier alpha value is -10.0. The van der Waals surface area contributed by atoms with Crippen molar-refractivity contribution in [1.82, 2.24) is 84.3 Å². The lowest BCUT2D eigenvalue weighted by molar-refractivity contribution is -0.143. The number of nitrogens with zero attached hydrogens (tertiary/aromatic N) is 1. The van der Waals surface area contributed by atoms with Crippen LogP contribution in [0.1, 0.15) is 223 Å². The number of para-hydroxylation sites is 1. The molecule has 0 radical (unpaired) electrons. The van der Waals surface area contributed by atoms with Crippen LogP contribution in [0.25, 0.3) is 10.9 Å². The van der Waals surface area contributed by atoms with Gasteiger partial charge in [-0.2, -0.15) is 0 Å². The fourth-order valence-electron chi connectivity index (χ4n) is 14.8. The smallest absolute Gasteiger partial charge is 0.245 e. The molecule has 0 bridgehead atoms. The first-order valence-electron chi connectivity index (χ1n) is 45.7. The lowest BCUT2D eigenvalue weighted by Gasteiger charge is -2.32. The number of fused-ring (bicyclic) bond motifs is 1. The van der Waals surface area contributed by atoms with E-state index in [0.717, 1.165) is 0 Å². The Morgan fingerprint density at radius 1 is 0.398 bits per heavy atom. The molecule has 2 heterocycles. The molecular formula is C87H153N23O18. The molecule has 1 saturated heterocycles. The highest BCUT2D eigenvalue weighted by atomic mass is 16.3. The molecule has 0 unspecified atom stereocenters. The Bertz CT molecular complexity index is 3870. The van der Waals surface area contributed by atoms with Gasteiger partial charge in [0, 0.05) is 30.1 Å². The lowest BCUT2D eigenvalue weighted by Crippen LogP contribution is -2.62. The minimum Gasteiger partial charge on any atom is -0.394 e. The molecule has 41 heteroatoms. The first-order valence-corrected chi connectivity index (χ1v) is 45.7. The zero-order valence-electron chi connectivity index (χ0n) is 77.0. The van der Waals surface area contributed by atoms with Crippen LogP contribution in [0.5, 0.6) is 0 Å². The number of primary amides is 1. The number of hydrogen-bond donors (Lipinski definition) is 24. The predicted molar refractivity (Wildman–Crippen MR) is 484 cm³/mol. The number of carbonyl (C=O) groups excluding carboxylic acids is 16. The van der Waals surface area contributed by atoms with Gasteiger partial charge in [0.15, 0.2) is 0 Å². The Morgan fingerprint density at radius 3 is 1.18 bits per heavy atom. The van der Waals surface area contributed by atoms with E-state index in [1.165, 1.54) is 11.8 Å². The number of aliphatic hydroxyl groups is 2. The van der Waals surface area contributed by atoms with Crippen molar-refractivity contribution in [3.63, 3.8) is 0 Å². The van der Waals surface area contributed by atoms with Crippen LogP contribution in [0.4, 0.5) is 0 Å². The molecule has 1 aliphatic heterocycles. The van der Waals surface area contributed by atoms with Gasteiger partial charge in [-0.05, 0) is 203 Å². The Morgan fingerprint density at radius 2 is 0.742 bits per heavy atom. The highest BCUT2D eigenvalue weighted by Crippen LogP contribution is 2.24. The number of likely N-dealkylation sites (tertiary alicyclic amines) is 1. The van der Waals surface area contributed by atoms with Gasteiger partial charge in [0.25, 0.3) is 0 Å². The van der Waals surface area contributed by atoms with Crippen LogP contribution in [0.2, 0.25) is 0 Å². The quantitative estimate of drug-likeness (QED) is 0.0290. The number of carbonyl (C=O) groups is 16. The van der Waals surface area contributed by atoms with Crippen molar-refractivity contribution < 1.29 is 86.9 Å². The Labute approximate surface area is 752 Å². The third-order valence-electron chi connectivity index (χ3n) is 23.1. The largest absolute Gasteiger partial charge is 0.394 e. The molecule has 0 spiro atoms. The number of hydrogen-bond acceptors (Lipinski definition) is 24.